The number of carbonyl (C=O) groups excluding carboxylic acids is 1. The van der Waals surface area contributed by atoms with Crippen molar-refractivity contribution in [1.29, 1.82) is 0 Å². The maximum absolute atomic E-state index is 14.1. The van der Waals surface area contributed by atoms with Crippen molar-refractivity contribution in [2.75, 3.05) is 29.3 Å². The van der Waals surface area contributed by atoms with E-state index in [-0.39, 0.29) is 34.7 Å². The highest BCUT2D eigenvalue weighted by atomic mass is 35.5. The number of rotatable bonds is 7. The van der Waals surface area contributed by atoms with Crippen molar-refractivity contribution < 1.29 is 14.3 Å². The Labute approximate surface area is 231 Å². The number of halogens is 2. The number of nitrogens with two attached hydrogens (primary N) is 1. The molecule has 2 atom stereocenters. The highest BCUT2D eigenvalue weighted by Gasteiger charge is 2.37. The topological polar surface area (TPSA) is 106 Å². The Morgan fingerprint density at radius 2 is 1.76 bits per heavy atom. The number of nitrogens with one attached hydrogen (secondary N) is 1. The third-order valence-corrected chi connectivity index (χ3v) is 7.76. The number of carbonyl (C=O) groups is 1. The van der Waals surface area contributed by atoms with E-state index in [9.17, 15) is 4.79 Å². The van der Waals surface area contributed by atoms with Gasteiger partial charge in [-0.1, -0.05) is 66.4 Å². The number of urea groups is 1. The van der Waals surface area contributed by atoms with Gasteiger partial charge in [0.25, 0.3) is 0 Å². The van der Waals surface area contributed by atoms with Crippen molar-refractivity contribution in [2.24, 2.45) is 5.73 Å². The zero-order chi connectivity index (χ0) is 26.8. The molecule has 0 spiro atoms. The fourth-order valence-corrected chi connectivity index (χ4v) is 5.69. The van der Waals surface area contributed by atoms with Crippen LogP contribution in [-0.4, -0.2) is 42.3 Å². The molecule has 5 rings (SSSR count). The number of nitrogens with zero attached hydrogens (tertiary/aromatic N) is 4. The molecule has 38 heavy (non-hydrogen) atoms. The second-order valence-electron chi connectivity index (χ2n) is 9.44. The van der Waals surface area contributed by atoms with Crippen molar-refractivity contribution in [1.82, 2.24) is 9.97 Å². The summed E-state index contributed by atoms with van der Waals surface area (Å²) < 4.78 is 10.9. The number of amides is 2. The van der Waals surface area contributed by atoms with Crippen molar-refractivity contribution >= 4 is 46.7 Å². The lowest BCUT2D eigenvalue weighted by Crippen LogP contribution is -2.48. The Bertz CT molecular complexity index is 1300. The molecule has 2 amide bonds. The summed E-state index contributed by atoms with van der Waals surface area (Å²) in [7, 11) is 2.99. The van der Waals surface area contributed by atoms with Crippen molar-refractivity contribution in [3.63, 3.8) is 0 Å². The fourth-order valence-electron chi connectivity index (χ4n) is 4.98. The highest BCUT2D eigenvalue weighted by Crippen LogP contribution is 2.48. The molecule has 0 radical (unpaired) electrons. The molecular formula is C27H30Cl2N6O3. The van der Waals surface area contributed by atoms with Gasteiger partial charge in [0.2, 0.25) is 5.95 Å². The Balaban J connectivity index is 1.57. The lowest BCUT2D eigenvalue weighted by atomic mass is 9.91. The zero-order valence-corrected chi connectivity index (χ0v) is 22.8. The van der Waals surface area contributed by atoms with Crippen LogP contribution in [-0.2, 0) is 13.1 Å². The van der Waals surface area contributed by atoms with Gasteiger partial charge in [0.15, 0.2) is 0 Å². The van der Waals surface area contributed by atoms with E-state index in [1.807, 2.05) is 30.3 Å². The van der Waals surface area contributed by atoms with E-state index in [0.29, 0.717) is 35.5 Å². The van der Waals surface area contributed by atoms with Crippen LogP contribution in [0.3, 0.4) is 0 Å². The highest BCUT2D eigenvalue weighted by molar-refractivity contribution is 6.42. The average Bonchev–Trinajstić information content (AvgIpc) is 2.93. The molecule has 3 aromatic rings. The zero-order valence-electron chi connectivity index (χ0n) is 21.3. The number of hydrogen-bond acceptors (Lipinski definition) is 7. The second-order valence-corrected chi connectivity index (χ2v) is 10.2. The minimum atomic E-state index is -0.334. The predicted octanol–water partition coefficient (Wildman–Crippen LogP) is 5.63. The Kier molecular flexibility index (Phi) is 7.78. The van der Waals surface area contributed by atoms with Gasteiger partial charge in [-0.25, -0.2) is 9.78 Å². The average molecular weight is 557 g/mol. The molecule has 0 unspecified atom stereocenters. The van der Waals surface area contributed by atoms with Crippen LogP contribution in [0.1, 0.15) is 36.8 Å². The molecule has 200 valence electrons. The van der Waals surface area contributed by atoms with E-state index in [4.69, 9.17) is 43.4 Å². The number of hydrogen-bond donors (Lipinski definition) is 2. The molecule has 0 saturated heterocycles. The molecule has 1 aliphatic carbocycles. The van der Waals surface area contributed by atoms with Gasteiger partial charge in [-0.15, -0.1) is 0 Å². The van der Waals surface area contributed by atoms with Crippen LogP contribution in [0, 0.1) is 0 Å². The maximum atomic E-state index is 14.1. The van der Waals surface area contributed by atoms with Crippen LogP contribution in [0.4, 0.5) is 22.2 Å². The van der Waals surface area contributed by atoms with Gasteiger partial charge >= 0.3 is 6.03 Å². The minimum absolute atomic E-state index is 0.0354. The molecule has 1 aliphatic heterocycles. The SMILES string of the molecule is COc1cc(OC)c(Cl)c(N2Cc3cnc(N[C@@H]4CCCC[C@@H]4N)nc3N(Cc3ccccc3)C2=O)c1Cl. The van der Waals surface area contributed by atoms with Gasteiger partial charge in [-0.3, -0.25) is 9.80 Å². The first-order valence-corrected chi connectivity index (χ1v) is 13.3. The number of aromatic nitrogens is 2. The van der Waals surface area contributed by atoms with E-state index in [1.54, 1.807) is 17.2 Å². The first-order valence-electron chi connectivity index (χ1n) is 12.5. The smallest absolute Gasteiger partial charge is 0.330 e. The van der Waals surface area contributed by atoms with Crippen molar-refractivity contribution in [3.8, 4) is 11.5 Å². The molecule has 0 bridgehead atoms. The molecule has 2 aliphatic rings. The van der Waals surface area contributed by atoms with Gasteiger partial charge in [-0.05, 0) is 18.4 Å². The van der Waals surface area contributed by atoms with Gasteiger partial charge < -0.3 is 20.5 Å². The van der Waals surface area contributed by atoms with Crippen molar-refractivity contribution in [3.05, 3.63) is 63.8 Å². The molecule has 1 fully saturated rings. The third kappa shape index (κ3) is 5.06. The molecule has 2 aromatic carbocycles. The molecule has 9 nitrogen and oxygen atoms in total. The summed E-state index contributed by atoms with van der Waals surface area (Å²) in [5, 5.41) is 3.81. The first kappa shape index (κ1) is 26.3. The Morgan fingerprint density at radius 1 is 1.08 bits per heavy atom. The summed E-state index contributed by atoms with van der Waals surface area (Å²) in [5.74, 6) is 1.66. The van der Waals surface area contributed by atoms with Crippen LogP contribution >= 0.6 is 23.2 Å². The molecular weight excluding hydrogens is 527 g/mol. The van der Waals surface area contributed by atoms with E-state index in [0.717, 1.165) is 36.8 Å². The van der Waals surface area contributed by atoms with Gasteiger partial charge in [0.05, 0.1) is 33.0 Å². The molecule has 11 heteroatoms. The van der Waals surface area contributed by atoms with E-state index in [1.165, 1.54) is 19.1 Å². The van der Waals surface area contributed by atoms with Gasteiger partial charge in [0.1, 0.15) is 27.4 Å². The van der Waals surface area contributed by atoms with Crippen LogP contribution in [0.2, 0.25) is 10.0 Å². The summed E-state index contributed by atoms with van der Waals surface area (Å²) in [5.41, 5.74) is 8.32. The summed E-state index contributed by atoms with van der Waals surface area (Å²) in [4.78, 5) is 26.6. The number of methoxy groups -OCH3 is 2. The van der Waals surface area contributed by atoms with Crippen LogP contribution in [0.5, 0.6) is 11.5 Å². The lowest BCUT2D eigenvalue weighted by Gasteiger charge is -2.37. The maximum Gasteiger partial charge on any atom is 0.330 e. The van der Waals surface area contributed by atoms with Gasteiger partial charge in [-0.2, -0.15) is 4.98 Å². The quantitative estimate of drug-likeness (QED) is 0.388. The van der Waals surface area contributed by atoms with Crippen LogP contribution in [0.15, 0.2) is 42.6 Å². The van der Waals surface area contributed by atoms with Gasteiger partial charge in [0, 0.05) is 29.9 Å². The van der Waals surface area contributed by atoms with E-state index >= 15 is 0 Å². The number of anilines is 3. The molecule has 2 heterocycles. The molecule has 1 saturated carbocycles. The summed E-state index contributed by atoms with van der Waals surface area (Å²) >= 11 is 13.4. The summed E-state index contributed by atoms with van der Waals surface area (Å²) in [6.45, 7) is 0.456. The summed E-state index contributed by atoms with van der Waals surface area (Å²) in [6, 6.07) is 11.1. The molecule has 3 N–H and O–H groups in total. The monoisotopic (exact) mass is 556 g/mol. The lowest BCUT2D eigenvalue weighted by molar-refractivity contribution is 0.249. The standard InChI is InChI=1S/C27H30Cl2N6O3/c1-37-20-12-21(38-2)23(29)24(22(20)28)34-15-17-13-31-26(32-19-11-7-6-10-18(19)30)33-25(17)35(27(34)36)14-16-8-4-3-5-9-16/h3-5,8-9,12-13,18-19H,6-7,10-11,14-15,30H2,1-2H3,(H,31,32,33)/t18-,19+/m0/s1. The molecule has 1 aromatic heterocycles. The minimum Gasteiger partial charge on any atom is -0.495 e. The largest absolute Gasteiger partial charge is 0.495 e. The third-order valence-electron chi connectivity index (χ3n) is 7.03. The first-order chi connectivity index (χ1) is 18.4. The van der Waals surface area contributed by atoms with E-state index < -0.39 is 0 Å². The Morgan fingerprint density at radius 3 is 2.42 bits per heavy atom. The van der Waals surface area contributed by atoms with Crippen molar-refractivity contribution in [2.45, 2.75) is 50.9 Å². The number of benzene rings is 2. The fraction of sp³-hybridized carbons (Fsp3) is 0.370. The number of fused-ring (bicyclic) bond motifs is 1. The normalized spacial score (nSPS) is 19.2. The van der Waals surface area contributed by atoms with E-state index in [2.05, 4.69) is 10.3 Å². The van der Waals surface area contributed by atoms with Crippen LogP contribution in [0.25, 0.3) is 0 Å². The second kappa shape index (κ2) is 11.2. The number of ether oxygens (including phenoxy) is 2. The predicted molar refractivity (Wildman–Crippen MR) is 150 cm³/mol. The van der Waals surface area contributed by atoms with Crippen LogP contribution < -0.4 is 30.3 Å². The Hall–Kier alpha value is -3.27. The summed E-state index contributed by atoms with van der Waals surface area (Å²) in [6.07, 6.45) is 5.88.